The Labute approximate surface area is 173 Å². The Morgan fingerprint density at radius 1 is 0.800 bits per heavy atom. The van der Waals surface area contributed by atoms with Gasteiger partial charge in [0.25, 0.3) is 11.8 Å². The molecule has 154 valence electrons. The average Bonchev–Trinajstić information content (AvgIpc) is 2.76. The highest BCUT2D eigenvalue weighted by Gasteiger charge is 2.15. The number of ether oxygens (including phenoxy) is 2. The van der Waals surface area contributed by atoms with Gasteiger partial charge in [0.1, 0.15) is 17.3 Å². The molecule has 0 radical (unpaired) electrons. The average molecular weight is 408 g/mol. The zero-order valence-corrected chi connectivity index (χ0v) is 16.5. The standard InChI is InChI=1S/C23H21FN2O4/c1-15(30-21-11-5-17(24)6-12-21)22(27)25-18-7-3-16(4-8-18)23(28)26-19-9-13-20(29-2)14-10-19/h3-15H,1-2H3,(H,25,27)(H,26,28)/t15-/m0/s1. The minimum Gasteiger partial charge on any atom is -0.497 e. The lowest BCUT2D eigenvalue weighted by Gasteiger charge is -2.15. The van der Waals surface area contributed by atoms with E-state index in [4.69, 9.17) is 9.47 Å². The van der Waals surface area contributed by atoms with Crippen molar-refractivity contribution >= 4 is 23.2 Å². The van der Waals surface area contributed by atoms with Gasteiger partial charge in [-0.1, -0.05) is 0 Å². The molecule has 6 nitrogen and oxygen atoms in total. The zero-order valence-electron chi connectivity index (χ0n) is 16.5. The minimum atomic E-state index is -0.784. The van der Waals surface area contributed by atoms with E-state index in [1.807, 2.05) is 0 Å². The SMILES string of the molecule is COc1ccc(NC(=O)c2ccc(NC(=O)[C@H](C)Oc3ccc(F)cc3)cc2)cc1. The first kappa shape index (κ1) is 20.9. The molecular weight excluding hydrogens is 387 g/mol. The summed E-state index contributed by atoms with van der Waals surface area (Å²) in [4.78, 5) is 24.7. The number of benzene rings is 3. The predicted molar refractivity (Wildman–Crippen MR) is 113 cm³/mol. The van der Waals surface area contributed by atoms with Crippen LogP contribution in [-0.2, 0) is 4.79 Å². The molecule has 0 spiro atoms. The topological polar surface area (TPSA) is 76.7 Å². The summed E-state index contributed by atoms with van der Waals surface area (Å²) in [6, 6.07) is 18.9. The Balaban J connectivity index is 1.55. The summed E-state index contributed by atoms with van der Waals surface area (Å²) in [5.41, 5.74) is 1.61. The molecule has 0 unspecified atom stereocenters. The number of amides is 2. The Morgan fingerprint density at radius 2 is 1.33 bits per heavy atom. The van der Waals surface area contributed by atoms with Crippen LogP contribution >= 0.6 is 0 Å². The molecule has 3 aromatic rings. The summed E-state index contributed by atoms with van der Waals surface area (Å²) in [6.07, 6.45) is -0.784. The second kappa shape index (κ2) is 9.56. The third-order valence-corrected chi connectivity index (χ3v) is 4.26. The van der Waals surface area contributed by atoms with Crippen LogP contribution in [0.1, 0.15) is 17.3 Å². The fraction of sp³-hybridized carbons (Fsp3) is 0.130. The van der Waals surface area contributed by atoms with Crippen molar-refractivity contribution in [2.75, 3.05) is 17.7 Å². The van der Waals surface area contributed by atoms with Gasteiger partial charge in [0.2, 0.25) is 0 Å². The largest absolute Gasteiger partial charge is 0.497 e. The number of rotatable bonds is 7. The Kier molecular flexibility index (Phi) is 6.64. The first-order valence-corrected chi connectivity index (χ1v) is 9.23. The zero-order chi connectivity index (χ0) is 21.5. The molecule has 0 saturated carbocycles. The van der Waals surface area contributed by atoms with Gasteiger partial charge in [-0.3, -0.25) is 9.59 Å². The van der Waals surface area contributed by atoms with Crippen LogP contribution in [0.25, 0.3) is 0 Å². The van der Waals surface area contributed by atoms with Gasteiger partial charge in [0.15, 0.2) is 6.10 Å². The molecule has 3 aromatic carbocycles. The quantitative estimate of drug-likeness (QED) is 0.604. The molecule has 30 heavy (non-hydrogen) atoms. The highest BCUT2D eigenvalue weighted by molar-refractivity contribution is 6.04. The van der Waals surface area contributed by atoms with Crippen LogP contribution in [0.15, 0.2) is 72.8 Å². The van der Waals surface area contributed by atoms with Gasteiger partial charge in [-0.2, -0.15) is 0 Å². The van der Waals surface area contributed by atoms with Crippen LogP contribution in [0.4, 0.5) is 15.8 Å². The number of anilines is 2. The lowest BCUT2D eigenvalue weighted by atomic mass is 10.2. The van der Waals surface area contributed by atoms with E-state index in [9.17, 15) is 14.0 Å². The molecule has 1 atom stereocenters. The van der Waals surface area contributed by atoms with E-state index in [0.29, 0.717) is 28.4 Å². The maximum absolute atomic E-state index is 12.9. The molecule has 7 heteroatoms. The highest BCUT2D eigenvalue weighted by atomic mass is 19.1. The maximum Gasteiger partial charge on any atom is 0.265 e. The molecule has 0 aromatic heterocycles. The molecule has 0 bridgehead atoms. The number of hydrogen-bond donors (Lipinski definition) is 2. The molecule has 0 saturated heterocycles. The van der Waals surface area contributed by atoms with E-state index in [0.717, 1.165) is 0 Å². The number of nitrogens with one attached hydrogen (secondary N) is 2. The summed E-state index contributed by atoms with van der Waals surface area (Å²) in [5, 5.41) is 5.51. The second-order valence-electron chi connectivity index (χ2n) is 6.46. The second-order valence-corrected chi connectivity index (χ2v) is 6.46. The molecular formula is C23H21FN2O4. The number of halogens is 1. The van der Waals surface area contributed by atoms with Crippen molar-refractivity contribution in [1.29, 1.82) is 0 Å². The summed E-state index contributed by atoms with van der Waals surface area (Å²) < 4.78 is 23.5. The highest BCUT2D eigenvalue weighted by Crippen LogP contribution is 2.18. The maximum atomic E-state index is 12.9. The van der Waals surface area contributed by atoms with E-state index in [1.165, 1.54) is 24.3 Å². The Hall–Kier alpha value is -3.87. The van der Waals surface area contributed by atoms with Crippen LogP contribution < -0.4 is 20.1 Å². The molecule has 2 N–H and O–H groups in total. The van der Waals surface area contributed by atoms with Crippen LogP contribution in [0, 0.1) is 5.82 Å². The van der Waals surface area contributed by atoms with Crippen molar-refractivity contribution in [3.05, 3.63) is 84.2 Å². The van der Waals surface area contributed by atoms with Crippen LogP contribution in [0.3, 0.4) is 0 Å². The van der Waals surface area contributed by atoms with Gasteiger partial charge in [-0.25, -0.2) is 4.39 Å². The van der Waals surface area contributed by atoms with Crippen molar-refractivity contribution in [2.45, 2.75) is 13.0 Å². The molecule has 0 heterocycles. The van der Waals surface area contributed by atoms with Gasteiger partial charge in [0, 0.05) is 16.9 Å². The van der Waals surface area contributed by atoms with Gasteiger partial charge >= 0.3 is 0 Å². The van der Waals surface area contributed by atoms with Gasteiger partial charge in [-0.15, -0.1) is 0 Å². The van der Waals surface area contributed by atoms with Crippen molar-refractivity contribution in [3.63, 3.8) is 0 Å². The molecule has 0 fully saturated rings. The first-order valence-electron chi connectivity index (χ1n) is 9.23. The van der Waals surface area contributed by atoms with E-state index >= 15 is 0 Å². The molecule has 0 aliphatic heterocycles. The summed E-state index contributed by atoms with van der Waals surface area (Å²) in [6.45, 7) is 1.59. The monoisotopic (exact) mass is 408 g/mol. The normalized spacial score (nSPS) is 11.3. The third kappa shape index (κ3) is 5.57. The fourth-order valence-electron chi connectivity index (χ4n) is 2.60. The lowest BCUT2D eigenvalue weighted by Crippen LogP contribution is -2.30. The van der Waals surface area contributed by atoms with Crippen molar-refractivity contribution < 1.29 is 23.5 Å². The smallest absolute Gasteiger partial charge is 0.265 e. The Morgan fingerprint density at radius 3 is 1.93 bits per heavy atom. The van der Waals surface area contributed by atoms with E-state index in [1.54, 1.807) is 62.6 Å². The fourth-order valence-corrected chi connectivity index (χ4v) is 2.60. The minimum absolute atomic E-state index is 0.272. The van der Waals surface area contributed by atoms with Crippen molar-refractivity contribution in [1.82, 2.24) is 0 Å². The van der Waals surface area contributed by atoms with E-state index in [-0.39, 0.29) is 17.6 Å². The molecule has 2 amide bonds. The van der Waals surface area contributed by atoms with Gasteiger partial charge in [-0.05, 0) is 79.7 Å². The number of methoxy groups -OCH3 is 1. The van der Waals surface area contributed by atoms with Crippen LogP contribution in [-0.4, -0.2) is 25.0 Å². The number of carbonyl (C=O) groups excluding carboxylic acids is 2. The molecule has 3 rings (SSSR count). The molecule has 0 aliphatic carbocycles. The van der Waals surface area contributed by atoms with E-state index in [2.05, 4.69) is 10.6 Å². The predicted octanol–water partition coefficient (Wildman–Crippen LogP) is 4.49. The van der Waals surface area contributed by atoms with Crippen LogP contribution in [0.5, 0.6) is 11.5 Å². The first-order chi connectivity index (χ1) is 14.4. The number of hydrogen-bond acceptors (Lipinski definition) is 4. The van der Waals surface area contributed by atoms with Crippen molar-refractivity contribution in [3.8, 4) is 11.5 Å². The summed E-state index contributed by atoms with van der Waals surface area (Å²) >= 11 is 0. The van der Waals surface area contributed by atoms with Gasteiger partial charge in [0.05, 0.1) is 7.11 Å². The molecule has 0 aliphatic rings. The lowest BCUT2D eigenvalue weighted by molar-refractivity contribution is -0.122. The summed E-state index contributed by atoms with van der Waals surface area (Å²) in [5.74, 6) is 0.0757. The van der Waals surface area contributed by atoms with E-state index < -0.39 is 6.10 Å². The van der Waals surface area contributed by atoms with Crippen molar-refractivity contribution in [2.24, 2.45) is 0 Å². The third-order valence-electron chi connectivity index (χ3n) is 4.26. The Bertz CT molecular complexity index is 1000. The van der Waals surface area contributed by atoms with Crippen LogP contribution in [0.2, 0.25) is 0 Å². The number of carbonyl (C=O) groups is 2. The van der Waals surface area contributed by atoms with Gasteiger partial charge < -0.3 is 20.1 Å². The summed E-state index contributed by atoms with van der Waals surface area (Å²) in [7, 11) is 1.57.